The summed E-state index contributed by atoms with van der Waals surface area (Å²) in [4.78, 5) is 30.8. The summed E-state index contributed by atoms with van der Waals surface area (Å²) in [7, 11) is 0. The van der Waals surface area contributed by atoms with Crippen LogP contribution in [0.4, 0.5) is 5.69 Å². The number of nitrogens with zero attached hydrogens (tertiary/aromatic N) is 2. The first-order chi connectivity index (χ1) is 15.9. The zero-order chi connectivity index (χ0) is 23.8. The predicted octanol–water partition coefficient (Wildman–Crippen LogP) is 5.10. The van der Waals surface area contributed by atoms with E-state index in [1.165, 1.54) is 0 Å². The molecule has 7 heteroatoms. The van der Waals surface area contributed by atoms with Crippen LogP contribution >= 0.6 is 12.2 Å². The van der Waals surface area contributed by atoms with Gasteiger partial charge in [-0.2, -0.15) is 0 Å². The van der Waals surface area contributed by atoms with Crippen LogP contribution in [0, 0.1) is 0 Å². The van der Waals surface area contributed by atoms with Gasteiger partial charge in [-0.3, -0.25) is 15.1 Å². The zero-order valence-electron chi connectivity index (χ0n) is 18.9. The van der Waals surface area contributed by atoms with Crippen LogP contribution in [0.1, 0.15) is 58.5 Å². The monoisotopic (exact) mass is 461 g/mol. The Balaban J connectivity index is 1.81. The second-order valence-electron chi connectivity index (χ2n) is 7.75. The SMILES string of the molecule is CCOC(=O)c1ccc(N(Cc2cccnc2)C(=S)NC(=O)c2ccc(C(C)C)cc2)cc1. The molecule has 1 aromatic heterocycles. The fourth-order valence-electron chi connectivity index (χ4n) is 3.20. The van der Waals surface area contributed by atoms with E-state index in [2.05, 4.69) is 24.1 Å². The van der Waals surface area contributed by atoms with E-state index in [0.29, 0.717) is 30.2 Å². The Labute approximate surface area is 199 Å². The molecule has 0 spiro atoms. The molecular formula is C26H27N3O3S. The van der Waals surface area contributed by atoms with Crippen molar-refractivity contribution < 1.29 is 14.3 Å². The number of hydrogen-bond donors (Lipinski definition) is 1. The van der Waals surface area contributed by atoms with Gasteiger partial charge in [-0.1, -0.05) is 32.0 Å². The van der Waals surface area contributed by atoms with E-state index in [1.54, 1.807) is 60.6 Å². The van der Waals surface area contributed by atoms with Crippen molar-refractivity contribution in [2.75, 3.05) is 11.5 Å². The van der Waals surface area contributed by atoms with Crippen molar-refractivity contribution in [3.05, 3.63) is 95.3 Å². The van der Waals surface area contributed by atoms with Crippen LogP contribution in [0.5, 0.6) is 0 Å². The fourth-order valence-corrected chi connectivity index (χ4v) is 3.47. The normalized spacial score (nSPS) is 10.5. The second kappa shape index (κ2) is 11.3. The van der Waals surface area contributed by atoms with Crippen molar-refractivity contribution in [3.8, 4) is 0 Å². The number of esters is 1. The molecule has 0 aliphatic heterocycles. The average molecular weight is 462 g/mol. The van der Waals surface area contributed by atoms with Crippen molar-refractivity contribution in [1.29, 1.82) is 0 Å². The van der Waals surface area contributed by atoms with E-state index in [-0.39, 0.29) is 17.0 Å². The summed E-state index contributed by atoms with van der Waals surface area (Å²) in [6, 6.07) is 18.2. The maximum Gasteiger partial charge on any atom is 0.338 e. The molecule has 170 valence electrons. The summed E-state index contributed by atoms with van der Waals surface area (Å²) in [6.07, 6.45) is 3.44. The molecule has 1 amide bonds. The van der Waals surface area contributed by atoms with Crippen LogP contribution < -0.4 is 10.2 Å². The molecule has 0 radical (unpaired) electrons. The highest BCUT2D eigenvalue weighted by Gasteiger charge is 2.18. The Morgan fingerprint density at radius 3 is 2.27 bits per heavy atom. The minimum atomic E-state index is -0.386. The van der Waals surface area contributed by atoms with E-state index >= 15 is 0 Å². The Bertz CT molecular complexity index is 1100. The van der Waals surface area contributed by atoms with Gasteiger partial charge in [0.15, 0.2) is 5.11 Å². The van der Waals surface area contributed by atoms with Gasteiger partial charge in [0.2, 0.25) is 0 Å². The van der Waals surface area contributed by atoms with Crippen LogP contribution in [0.2, 0.25) is 0 Å². The van der Waals surface area contributed by atoms with Gasteiger partial charge in [0.05, 0.1) is 18.7 Å². The van der Waals surface area contributed by atoms with Crippen LogP contribution in [0.15, 0.2) is 73.1 Å². The van der Waals surface area contributed by atoms with E-state index in [0.717, 1.165) is 16.8 Å². The Morgan fingerprint density at radius 2 is 1.70 bits per heavy atom. The van der Waals surface area contributed by atoms with Gasteiger partial charge in [0, 0.05) is 23.6 Å². The van der Waals surface area contributed by atoms with Crippen molar-refractivity contribution in [1.82, 2.24) is 10.3 Å². The number of carbonyl (C=O) groups is 2. The fraction of sp³-hybridized carbons (Fsp3) is 0.231. The summed E-state index contributed by atoms with van der Waals surface area (Å²) in [5, 5.41) is 3.08. The number of carbonyl (C=O) groups excluding carboxylic acids is 2. The first-order valence-electron chi connectivity index (χ1n) is 10.8. The Kier molecular flexibility index (Phi) is 8.27. The maximum absolute atomic E-state index is 12.8. The molecule has 3 rings (SSSR count). The zero-order valence-corrected chi connectivity index (χ0v) is 19.8. The quantitative estimate of drug-likeness (QED) is 0.390. The largest absolute Gasteiger partial charge is 0.462 e. The number of anilines is 1. The highest BCUT2D eigenvalue weighted by atomic mass is 32.1. The second-order valence-corrected chi connectivity index (χ2v) is 8.14. The highest BCUT2D eigenvalue weighted by Crippen LogP contribution is 2.20. The van der Waals surface area contributed by atoms with E-state index in [1.807, 2.05) is 24.3 Å². The van der Waals surface area contributed by atoms with Crippen LogP contribution in [-0.4, -0.2) is 28.6 Å². The molecule has 1 N–H and O–H groups in total. The van der Waals surface area contributed by atoms with E-state index in [4.69, 9.17) is 17.0 Å². The average Bonchev–Trinajstić information content (AvgIpc) is 2.83. The highest BCUT2D eigenvalue weighted by molar-refractivity contribution is 7.80. The molecule has 0 unspecified atom stereocenters. The molecule has 0 aliphatic rings. The number of rotatable bonds is 7. The molecule has 3 aromatic rings. The maximum atomic E-state index is 12.8. The number of hydrogen-bond acceptors (Lipinski definition) is 5. The number of ether oxygens (including phenoxy) is 1. The lowest BCUT2D eigenvalue weighted by molar-refractivity contribution is 0.0526. The van der Waals surface area contributed by atoms with Gasteiger partial charge in [-0.05, 0) is 78.7 Å². The van der Waals surface area contributed by atoms with E-state index in [9.17, 15) is 9.59 Å². The number of benzene rings is 2. The summed E-state index contributed by atoms with van der Waals surface area (Å²) in [5.74, 6) is -0.283. The van der Waals surface area contributed by atoms with Crippen LogP contribution in [0.25, 0.3) is 0 Å². The Morgan fingerprint density at radius 1 is 1.03 bits per heavy atom. The lowest BCUT2D eigenvalue weighted by Crippen LogP contribution is -2.42. The number of aromatic nitrogens is 1. The third kappa shape index (κ3) is 6.46. The minimum Gasteiger partial charge on any atom is -0.462 e. The molecular weight excluding hydrogens is 434 g/mol. The molecule has 0 bridgehead atoms. The molecule has 0 saturated heterocycles. The summed E-state index contributed by atoms with van der Waals surface area (Å²) >= 11 is 5.61. The van der Waals surface area contributed by atoms with Gasteiger partial charge in [-0.25, -0.2) is 4.79 Å². The molecule has 0 atom stereocenters. The third-order valence-corrected chi connectivity index (χ3v) is 5.38. The molecule has 1 heterocycles. The summed E-state index contributed by atoms with van der Waals surface area (Å²) in [5.41, 5.74) is 3.79. The molecule has 0 aliphatic carbocycles. The first-order valence-corrected chi connectivity index (χ1v) is 11.2. The summed E-state index contributed by atoms with van der Waals surface area (Å²) < 4.78 is 5.05. The van der Waals surface area contributed by atoms with Crippen molar-refractivity contribution in [2.24, 2.45) is 0 Å². The van der Waals surface area contributed by atoms with Crippen LogP contribution in [-0.2, 0) is 11.3 Å². The molecule has 33 heavy (non-hydrogen) atoms. The van der Waals surface area contributed by atoms with Gasteiger partial charge >= 0.3 is 5.97 Å². The molecule has 0 saturated carbocycles. The van der Waals surface area contributed by atoms with Gasteiger partial charge in [0.1, 0.15) is 0 Å². The minimum absolute atomic E-state index is 0.251. The standard InChI is InChI=1S/C26H27N3O3S/c1-4-32-25(31)22-11-13-23(14-12-22)29(17-19-6-5-15-27-16-19)26(33)28-24(30)21-9-7-20(8-10-21)18(2)3/h5-16,18H,4,17H2,1-3H3,(H,28,30,33). The predicted molar refractivity (Wildman–Crippen MR) is 133 cm³/mol. The first kappa shape index (κ1) is 24.1. The van der Waals surface area contributed by atoms with Crippen molar-refractivity contribution in [3.63, 3.8) is 0 Å². The molecule has 0 fully saturated rings. The van der Waals surface area contributed by atoms with Gasteiger partial charge in [0.25, 0.3) is 5.91 Å². The lowest BCUT2D eigenvalue weighted by Gasteiger charge is -2.26. The molecule has 2 aromatic carbocycles. The van der Waals surface area contributed by atoms with Crippen LogP contribution in [0.3, 0.4) is 0 Å². The number of amides is 1. The molecule has 6 nitrogen and oxygen atoms in total. The smallest absolute Gasteiger partial charge is 0.338 e. The van der Waals surface area contributed by atoms with Gasteiger partial charge < -0.3 is 9.64 Å². The van der Waals surface area contributed by atoms with Crippen molar-refractivity contribution in [2.45, 2.75) is 33.2 Å². The number of pyridine rings is 1. The van der Waals surface area contributed by atoms with Crippen molar-refractivity contribution >= 4 is 34.9 Å². The van der Waals surface area contributed by atoms with E-state index < -0.39 is 0 Å². The lowest BCUT2D eigenvalue weighted by atomic mass is 10.0. The summed E-state index contributed by atoms with van der Waals surface area (Å²) in [6.45, 7) is 6.68. The number of thiocarbonyl (C=S) groups is 1. The third-order valence-electron chi connectivity index (χ3n) is 5.06. The van der Waals surface area contributed by atoms with Gasteiger partial charge in [-0.15, -0.1) is 0 Å². The Hall–Kier alpha value is -3.58. The topological polar surface area (TPSA) is 71.5 Å². The number of nitrogens with one attached hydrogen (secondary N) is 1.